The van der Waals surface area contributed by atoms with Crippen molar-refractivity contribution in [3.05, 3.63) is 71.9 Å². The molecule has 0 spiro atoms. The van der Waals surface area contributed by atoms with E-state index in [1.165, 1.54) is 13.1 Å². The molecular formula is C19H16N2O4S2. The molecule has 1 amide bonds. The highest BCUT2D eigenvalue weighted by atomic mass is 32.2. The van der Waals surface area contributed by atoms with Crippen molar-refractivity contribution in [1.82, 2.24) is 4.98 Å². The van der Waals surface area contributed by atoms with Crippen LogP contribution in [0.1, 0.15) is 22.8 Å². The highest BCUT2D eigenvalue weighted by Gasteiger charge is 2.19. The molecule has 6 nitrogen and oxygen atoms in total. The minimum absolute atomic E-state index is 0.173. The Morgan fingerprint density at radius 1 is 1.15 bits per heavy atom. The third kappa shape index (κ3) is 5.16. The number of nitrogens with zero attached hydrogens (tertiary/aromatic N) is 1. The van der Waals surface area contributed by atoms with E-state index in [2.05, 4.69) is 10.3 Å². The van der Waals surface area contributed by atoms with Gasteiger partial charge in [-0.15, -0.1) is 0 Å². The summed E-state index contributed by atoms with van der Waals surface area (Å²) >= 11 is -0.0977. The topological polar surface area (TPSA) is 91.4 Å². The molecule has 1 N–H and O–H groups in total. The van der Waals surface area contributed by atoms with Crippen molar-refractivity contribution in [2.24, 2.45) is 0 Å². The van der Waals surface area contributed by atoms with E-state index < -0.39 is 23.1 Å². The van der Waals surface area contributed by atoms with Crippen LogP contribution in [0.25, 0.3) is 0 Å². The summed E-state index contributed by atoms with van der Waals surface area (Å²) in [6.07, 6.45) is 1.50. The minimum Gasteiger partial charge on any atom is -0.610 e. The largest absolute Gasteiger partial charge is 0.610 e. The third-order valence-electron chi connectivity index (χ3n) is 3.46. The van der Waals surface area contributed by atoms with Crippen LogP contribution >= 0.6 is 11.3 Å². The third-order valence-corrected chi connectivity index (χ3v) is 6.12. The van der Waals surface area contributed by atoms with E-state index in [9.17, 15) is 14.1 Å². The van der Waals surface area contributed by atoms with Gasteiger partial charge in [0.1, 0.15) is 11.5 Å². The van der Waals surface area contributed by atoms with Crippen LogP contribution in [0.3, 0.4) is 0 Å². The first-order valence-electron chi connectivity index (χ1n) is 8.00. The Labute approximate surface area is 163 Å². The average molecular weight is 400 g/mol. The van der Waals surface area contributed by atoms with E-state index in [1.807, 2.05) is 30.3 Å². The molecule has 1 atom stereocenters. The number of para-hydroxylation sites is 1. The van der Waals surface area contributed by atoms with Crippen LogP contribution in [0.5, 0.6) is 5.75 Å². The highest BCUT2D eigenvalue weighted by molar-refractivity contribution is 7.92. The molecule has 1 heterocycles. The molecule has 0 aliphatic heterocycles. The van der Waals surface area contributed by atoms with Crippen molar-refractivity contribution in [2.75, 3.05) is 5.32 Å². The maximum absolute atomic E-state index is 12.5. The Morgan fingerprint density at radius 2 is 1.85 bits per heavy atom. The summed E-state index contributed by atoms with van der Waals surface area (Å²) in [4.78, 5) is 27.8. The predicted molar refractivity (Wildman–Crippen MR) is 104 cm³/mol. The number of ether oxygens (including phenoxy) is 1. The molecule has 0 aliphatic carbocycles. The van der Waals surface area contributed by atoms with Gasteiger partial charge in [-0.2, -0.15) is 0 Å². The van der Waals surface area contributed by atoms with Crippen molar-refractivity contribution in [2.45, 2.75) is 16.9 Å². The summed E-state index contributed by atoms with van der Waals surface area (Å²) in [6.45, 7) is 1.27. The van der Waals surface area contributed by atoms with Crippen molar-refractivity contribution >= 4 is 39.5 Å². The van der Waals surface area contributed by atoms with E-state index in [0.29, 0.717) is 15.1 Å². The van der Waals surface area contributed by atoms with E-state index >= 15 is 0 Å². The number of hydrogen-bond donors (Lipinski definition) is 1. The number of nitrogens with one attached hydrogen (secondary N) is 1. The zero-order valence-electron chi connectivity index (χ0n) is 14.4. The van der Waals surface area contributed by atoms with Crippen LogP contribution in [0.4, 0.5) is 5.13 Å². The molecule has 138 valence electrons. The summed E-state index contributed by atoms with van der Waals surface area (Å²) in [5, 5.41) is 2.98. The summed E-state index contributed by atoms with van der Waals surface area (Å²) in [6, 6.07) is 15.9. The second kappa shape index (κ2) is 8.81. The Bertz CT molecular complexity index is 944. The van der Waals surface area contributed by atoms with E-state index in [-0.39, 0.29) is 11.3 Å². The summed E-state index contributed by atoms with van der Waals surface area (Å²) in [7, 11) is 0. The fourth-order valence-electron chi connectivity index (χ4n) is 2.28. The maximum Gasteiger partial charge on any atom is 0.308 e. The van der Waals surface area contributed by atoms with E-state index in [1.54, 1.807) is 24.3 Å². The van der Waals surface area contributed by atoms with Gasteiger partial charge in [0.2, 0.25) is 4.21 Å². The molecule has 8 heteroatoms. The number of anilines is 1. The standard InChI is InChI=1S/C19H16N2O4S2/c1-13(22)25-16-10-6-5-9-15(16)18(23)21-19-20-11-17(26-19)27(24)12-14-7-3-2-4-8-14/h2-11H,12H2,1H3,(H,20,21,23). The molecule has 0 saturated carbocycles. The molecule has 0 bridgehead atoms. The maximum atomic E-state index is 12.5. The van der Waals surface area contributed by atoms with Crippen LogP contribution in [-0.2, 0) is 21.7 Å². The van der Waals surface area contributed by atoms with Gasteiger partial charge in [-0.1, -0.05) is 42.5 Å². The van der Waals surface area contributed by atoms with Crippen LogP contribution in [0, 0.1) is 0 Å². The second-order valence-corrected chi connectivity index (χ2v) is 8.21. The van der Waals surface area contributed by atoms with Gasteiger partial charge < -0.3 is 9.29 Å². The first-order chi connectivity index (χ1) is 13.0. The molecule has 0 fully saturated rings. The molecule has 0 aliphatic rings. The Balaban J connectivity index is 1.69. The zero-order valence-corrected chi connectivity index (χ0v) is 16.0. The molecule has 0 saturated heterocycles. The van der Waals surface area contributed by atoms with E-state index in [0.717, 1.165) is 16.9 Å². The number of thiazole rings is 1. The molecule has 27 heavy (non-hydrogen) atoms. The lowest BCUT2D eigenvalue weighted by Gasteiger charge is -2.08. The molecule has 1 unspecified atom stereocenters. The lowest BCUT2D eigenvalue weighted by Crippen LogP contribution is -2.14. The van der Waals surface area contributed by atoms with Crippen LogP contribution in [-0.4, -0.2) is 21.4 Å². The molecule has 3 aromatic rings. The lowest BCUT2D eigenvalue weighted by molar-refractivity contribution is -0.131. The number of carbonyl (C=O) groups is 2. The summed E-state index contributed by atoms with van der Waals surface area (Å²) in [5.41, 5.74) is 1.18. The normalized spacial score (nSPS) is 11.6. The predicted octanol–water partition coefficient (Wildman–Crippen LogP) is 3.63. The van der Waals surface area contributed by atoms with Crippen molar-refractivity contribution in [3.8, 4) is 5.75 Å². The van der Waals surface area contributed by atoms with Gasteiger partial charge in [-0.25, -0.2) is 4.98 Å². The molecule has 0 radical (unpaired) electrons. The summed E-state index contributed by atoms with van der Waals surface area (Å²) < 4.78 is 18.1. The fourth-order valence-corrected chi connectivity index (χ4v) is 4.42. The van der Waals surface area contributed by atoms with Gasteiger partial charge in [0.25, 0.3) is 5.91 Å². The number of hydrogen-bond acceptors (Lipinski definition) is 6. The minimum atomic E-state index is -1.25. The number of aromatic nitrogens is 1. The van der Waals surface area contributed by atoms with Crippen LogP contribution in [0.15, 0.2) is 65.0 Å². The van der Waals surface area contributed by atoms with Gasteiger partial charge in [0.15, 0.2) is 5.13 Å². The molecule has 1 aromatic heterocycles. The SMILES string of the molecule is CC(=O)Oc1ccccc1C(=O)Nc1ncc([S+]([O-])Cc2ccccc2)s1. The van der Waals surface area contributed by atoms with Crippen molar-refractivity contribution in [3.63, 3.8) is 0 Å². The highest BCUT2D eigenvalue weighted by Crippen LogP contribution is 2.27. The first kappa shape index (κ1) is 19.1. The second-order valence-electron chi connectivity index (χ2n) is 5.50. The number of esters is 1. The van der Waals surface area contributed by atoms with E-state index in [4.69, 9.17) is 4.74 Å². The molecule has 2 aromatic carbocycles. The zero-order chi connectivity index (χ0) is 19.2. The fraction of sp³-hybridized carbons (Fsp3) is 0.105. The average Bonchev–Trinajstić information content (AvgIpc) is 3.11. The number of carbonyl (C=O) groups excluding carboxylic acids is 2. The van der Waals surface area contributed by atoms with Gasteiger partial charge in [-0.05, 0) is 23.5 Å². The first-order valence-corrected chi connectivity index (χ1v) is 10.1. The molecular weight excluding hydrogens is 384 g/mol. The quantitative estimate of drug-likeness (QED) is 0.388. The lowest BCUT2D eigenvalue weighted by atomic mass is 10.2. The van der Waals surface area contributed by atoms with Crippen molar-refractivity contribution in [1.29, 1.82) is 0 Å². The monoisotopic (exact) mass is 400 g/mol. The Hall–Kier alpha value is -2.68. The van der Waals surface area contributed by atoms with Crippen LogP contribution < -0.4 is 10.1 Å². The van der Waals surface area contributed by atoms with Gasteiger partial charge in [0.05, 0.1) is 11.8 Å². The van der Waals surface area contributed by atoms with Gasteiger partial charge in [-0.3, -0.25) is 14.9 Å². The van der Waals surface area contributed by atoms with Gasteiger partial charge in [0, 0.05) is 23.7 Å². The molecule has 3 rings (SSSR count). The number of amides is 1. The summed E-state index contributed by atoms with van der Waals surface area (Å²) in [5.74, 6) is -0.414. The number of rotatable bonds is 6. The number of benzene rings is 2. The smallest absolute Gasteiger partial charge is 0.308 e. The van der Waals surface area contributed by atoms with Gasteiger partial charge >= 0.3 is 5.97 Å². The van der Waals surface area contributed by atoms with Crippen LogP contribution in [0.2, 0.25) is 0 Å². The van der Waals surface area contributed by atoms with Crippen molar-refractivity contribution < 1.29 is 18.9 Å². The Morgan fingerprint density at radius 3 is 2.59 bits per heavy atom. The Kier molecular flexibility index (Phi) is 6.23.